The molecule has 1 fully saturated rings. The van der Waals surface area contributed by atoms with Gasteiger partial charge in [0.1, 0.15) is 11.8 Å². The van der Waals surface area contributed by atoms with Gasteiger partial charge in [0.2, 0.25) is 5.91 Å². The molecule has 1 amide bonds. The number of benzene rings is 1. The monoisotopic (exact) mass is 377 g/mol. The van der Waals surface area contributed by atoms with Gasteiger partial charge >= 0.3 is 0 Å². The number of amides is 1. The molecular formula is C18H20ClN3O2S. The van der Waals surface area contributed by atoms with Crippen molar-refractivity contribution in [3.05, 3.63) is 52.4 Å². The highest BCUT2D eigenvalue weighted by Crippen LogP contribution is 2.20. The molecule has 1 saturated heterocycles. The molecule has 2 aromatic rings. The number of aryl methyl sites for hydroxylation is 1. The summed E-state index contributed by atoms with van der Waals surface area (Å²) in [7, 11) is 0. The highest BCUT2D eigenvalue weighted by molar-refractivity contribution is 7.80. The minimum Gasteiger partial charge on any atom is -0.361 e. The van der Waals surface area contributed by atoms with E-state index in [0.29, 0.717) is 18.0 Å². The third-order valence-electron chi connectivity index (χ3n) is 4.26. The van der Waals surface area contributed by atoms with Gasteiger partial charge in [-0.05, 0) is 37.5 Å². The highest BCUT2D eigenvalue weighted by atomic mass is 35.5. The van der Waals surface area contributed by atoms with Crippen LogP contribution in [-0.2, 0) is 17.8 Å². The van der Waals surface area contributed by atoms with E-state index < -0.39 is 0 Å². The molecule has 1 aromatic carbocycles. The van der Waals surface area contributed by atoms with Gasteiger partial charge in [0.15, 0.2) is 0 Å². The molecule has 1 unspecified atom stereocenters. The number of rotatable bonds is 5. The third kappa shape index (κ3) is 4.58. The first-order chi connectivity index (χ1) is 12.0. The summed E-state index contributed by atoms with van der Waals surface area (Å²) in [6.07, 6.45) is 2.26. The van der Waals surface area contributed by atoms with E-state index in [1.807, 2.05) is 42.2 Å². The van der Waals surface area contributed by atoms with Crippen molar-refractivity contribution in [2.24, 2.45) is 0 Å². The normalized spacial score (nSPS) is 16.9. The van der Waals surface area contributed by atoms with Gasteiger partial charge in [-0.1, -0.05) is 41.1 Å². The van der Waals surface area contributed by atoms with Crippen LogP contribution in [0.2, 0.25) is 5.02 Å². The fraction of sp³-hybridized carbons (Fsp3) is 0.389. The first-order valence-electron chi connectivity index (χ1n) is 8.27. The van der Waals surface area contributed by atoms with Gasteiger partial charge in [0, 0.05) is 24.2 Å². The summed E-state index contributed by atoms with van der Waals surface area (Å²) in [5, 5.41) is 7.56. The molecule has 5 nitrogen and oxygen atoms in total. The van der Waals surface area contributed by atoms with Crippen LogP contribution in [0.4, 0.5) is 0 Å². The van der Waals surface area contributed by atoms with Gasteiger partial charge in [-0.25, -0.2) is 0 Å². The molecule has 0 bridgehead atoms. The van der Waals surface area contributed by atoms with Crippen molar-refractivity contribution in [3.63, 3.8) is 0 Å². The van der Waals surface area contributed by atoms with Crippen molar-refractivity contribution in [2.75, 3.05) is 6.54 Å². The molecular weight excluding hydrogens is 358 g/mol. The van der Waals surface area contributed by atoms with Gasteiger partial charge in [-0.3, -0.25) is 4.79 Å². The summed E-state index contributed by atoms with van der Waals surface area (Å²) in [6, 6.07) is 9.11. The smallest absolute Gasteiger partial charge is 0.242 e. The molecule has 0 radical (unpaired) electrons. The average Bonchev–Trinajstić information content (AvgIpc) is 3.23. The second kappa shape index (κ2) is 7.97. The van der Waals surface area contributed by atoms with Gasteiger partial charge < -0.3 is 14.7 Å². The summed E-state index contributed by atoms with van der Waals surface area (Å²) < 4.78 is 5.23. The van der Waals surface area contributed by atoms with Crippen LogP contribution in [0.3, 0.4) is 0 Å². The predicted octanol–water partition coefficient (Wildman–Crippen LogP) is 3.29. The Morgan fingerprint density at radius 2 is 2.20 bits per heavy atom. The zero-order valence-electron chi connectivity index (χ0n) is 14.0. The van der Waals surface area contributed by atoms with Crippen molar-refractivity contribution in [1.29, 1.82) is 0 Å². The lowest BCUT2D eigenvalue weighted by Crippen LogP contribution is -2.45. The van der Waals surface area contributed by atoms with Gasteiger partial charge in [0.05, 0.1) is 17.1 Å². The number of carbonyl (C=O) groups excluding carboxylic acids is 1. The Morgan fingerprint density at radius 3 is 2.88 bits per heavy atom. The molecule has 25 heavy (non-hydrogen) atoms. The lowest BCUT2D eigenvalue weighted by atomic mass is 10.1. The number of nitrogens with one attached hydrogen (secondary N) is 1. The minimum absolute atomic E-state index is 0.00329. The Labute approximate surface area is 157 Å². The van der Waals surface area contributed by atoms with E-state index in [9.17, 15) is 4.79 Å². The van der Waals surface area contributed by atoms with E-state index in [2.05, 4.69) is 10.5 Å². The van der Waals surface area contributed by atoms with Crippen molar-refractivity contribution >= 4 is 34.7 Å². The molecule has 0 aliphatic carbocycles. The first-order valence-corrected chi connectivity index (χ1v) is 9.05. The number of nitrogens with zero attached hydrogens (tertiary/aromatic N) is 2. The number of halogens is 1. The zero-order valence-corrected chi connectivity index (χ0v) is 15.6. The van der Waals surface area contributed by atoms with Crippen LogP contribution < -0.4 is 5.32 Å². The second-order valence-electron chi connectivity index (χ2n) is 6.20. The molecule has 3 rings (SSSR count). The maximum atomic E-state index is 12.6. The molecule has 1 atom stereocenters. The van der Waals surface area contributed by atoms with E-state index in [1.54, 1.807) is 0 Å². The van der Waals surface area contributed by atoms with Crippen LogP contribution in [0.1, 0.15) is 29.9 Å². The molecule has 0 saturated carbocycles. The molecule has 1 aliphatic heterocycles. The predicted molar refractivity (Wildman–Crippen MR) is 101 cm³/mol. The van der Waals surface area contributed by atoms with Crippen LogP contribution in [0.5, 0.6) is 0 Å². The molecule has 7 heteroatoms. The van der Waals surface area contributed by atoms with Crippen LogP contribution in [0, 0.1) is 6.92 Å². The fourth-order valence-corrected chi connectivity index (χ4v) is 3.48. The summed E-state index contributed by atoms with van der Waals surface area (Å²) in [5.74, 6) is 0.735. The van der Waals surface area contributed by atoms with Crippen LogP contribution in [0.25, 0.3) is 0 Å². The molecule has 2 heterocycles. The Kier molecular flexibility index (Phi) is 5.71. The Hall–Kier alpha value is -1.92. The van der Waals surface area contributed by atoms with Crippen molar-refractivity contribution in [3.8, 4) is 0 Å². The Balaban J connectivity index is 1.57. The zero-order chi connectivity index (χ0) is 17.8. The lowest BCUT2D eigenvalue weighted by molar-refractivity contribution is -0.124. The second-order valence-corrected chi connectivity index (χ2v) is 7.11. The van der Waals surface area contributed by atoms with E-state index in [-0.39, 0.29) is 11.9 Å². The largest absolute Gasteiger partial charge is 0.361 e. The van der Waals surface area contributed by atoms with Crippen molar-refractivity contribution in [2.45, 2.75) is 38.8 Å². The standard InChI is InChI=1S/C18H20ClN3O2S/c1-12-9-15(24-21-12)10-17(25)22-8-2-3-16(22)18(23)20-11-13-4-6-14(19)7-5-13/h4-7,9,16H,2-3,8,10-11H2,1H3,(H,20,23). The molecule has 132 valence electrons. The number of hydrogen-bond acceptors (Lipinski definition) is 4. The molecule has 0 spiro atoms. The summed E-state index contributed by atoms with van der Waals surface area (Å²) >= 11 is 11.4. The van der Waals surface area contributed by atoms with Crippen LogP contribution in [0.15, 0.2) is 34.9 Å². The maximum absolute atomic E-state index is 12.6. The van der Waals surface area contributed by atoms with E-state index in [0.717, 1.165) is 41.4 Å². The SMILES string of the molecule is Cc1cc(CC(=S)N2CCCC2C(=O)NCc2ccc(Cl)cc2)on1. The van der Waals surface area contributed by atoms with E-state index in [4.69, 9.17) is 28.3 Å². The average molecular weight is 378 g/mol. The Bertz CT molecular complexity index is 760. The van der Waals surface area contributed by atoms with Crippen molar-refractivity contribution in [1.82, 2.24) is 15.4 Å². The van der Waals surface area contributed by atoms with Crippen LogP contribution in [-0.4, -0.2) is 33.5 Å². The summed E-state index contributed by atoms with van der Waals surface area (Å²) in [6.45, 7) is 3.15. The van der Waals surface area contributed by atoms with Crippen molar-refractivity contribution < 1.29 is 9.32 Å². The van der Waals surface area contributed by atoms with E-state index >= 15 is 0 Å². The van der Waals surface area contributed by atoms with Gasteiger partial charge in [0.25, 0.3) is 0 Å². The van der Waals surface area contributed by atoms with E-state index in [1.165, 1.54) is 0 Å². The molecule has 1 aromatic heterocycles. The number of likely N-dealkylation sites (tertiary alicyclic amines) is 1. The molecule has 1 aliphatic rings. The van der Waals surface area contributed by atoms with Gasteiger partial charge in [-0.2, -0.15) is 0 Å². The highest BCUT2D eigenvalue weighted by Gasteiger charge is 2.32. The molecule has 1 N–H and O–H groups in total. The lowest BCUT2D eigenvalue weighted by Gasteiger charge is -2.26. The maximum Gasteiger partial charge on any atom is 0.242 e. The number of aromatic nitrogens is 1. The van der Waals surface area contributed by atoms with Gasteiger partial charge in [-0.15, -0.1) is 0 Å². The first kappa shape index (κ1) is 17.9. The fourth-order valence-electron chi connectivity index (χ4n) is 3.00. The topological polar surface area (TPSA) is 58.4 Å². The van der Waals surface area contributed by atoms with Crippen LogP contribution >= 0.6 is 23.8 Å². The summed E-state index contributed by atoms with van der Waals surface area (Å²) in [5.41, 5.74) is 1.85. The Morgan fingerprint density at radius 1 is 1.44 bits per heavy atom. The summed E-state index contributed by atoms with van der Waals surface area (Å²) in [4.78, 5) is 15.3. The third-order valence-corrected chi connectivity index (χ3v) is 4.89. The quantitative estimate of drug-likeness (QED) is 0.810. The number of thiocarbonyl (C=S) groups is 1. The number of carbonyl (C=O) groups is 1. The minimum atomic E-state index is -0.219. The number of hydrogen-bond donors (Lipinski definition) is 1.